The molecule has 0 spiro atoms. The molecule has 0 saturated carbocycles. The van der Waals surface area contributed by atoms with Crippen LogP contribution >= 0.6 is 0 Å². The third kappa shape index (κ3) is 2.75. The van der Waals surface area contributed by atoms with Gasteiger partial charge in [-0.15, -0.1) is 0 Å². The topological polar surface area (TPSA) is 52.9 Å². The van der Waals surface area contributed by atoms with E-state index >= 15 is 0 Å². The molecule has 1 amide bonds. The number of hydrogen-bond donors (Lipinski definition) is 1. The number of benzene rings is 2. The fourth-order valence-electron chi connectivity index (χ4n) is 2.17. The highest BCUT2D eigenvalue weighted by Crippen LogP contribution is 2.22. The van der Waals surface area contributed by atoms with Crippen molar-refractivity contribution in [3.63, 3.8) is 0 Å². The summed E-state index contributed by atoms with van der Waals surface area (Å²) in [6.45, 7) is 0. The van der Waals surface area contributed by atoms with Gasteiger partial charge in [-0.05, 0) is 35.4 Å². The van der Waals surface area contributed by atoms with Crippen molar-refractivity contribution < 1.29 is 4.79 Å². The van der Waals surface area contributed by atoms with Crippen LogP contribution in [0, 0.1) is 11.3 Å². The summed E-state index contributed by atoms with van der Waals surface area (Å²) in [5.74, 6) is -0.113. The third-order valence-electron chi connectivity index (χ3n) is 3.26. The van der Waals surface area contributed by atoms with Crippen LogP contribution in [0.4, 0.5) is 0 Å². The molecule has 1 N–H and O–H groups in total. The van der Waals surface area contributed by atoms with Gasteiger partial charge in [0.1, 0.15) is 0 Å². The van der Waals surface area contributed by atoms with Crippen molar-refractivity contribution in [2.75, 3.05) is 0 Å². The van der Waals surface area contributed by atoms with E-state index in [2.05, 4.69) is 11.4 Å². The van der Waals surface area contributed by atoms with Crippen molar-refractivity contribution in [2.24, 2.45) is 0 Å². The Kier molecular flexibility index (Phi) is 3.36. The second kappa shape index (κ2) is 5.48. The minimum atomic E-state index is -0.113. The summed E-state index contributed by atoms with van der Waals surface area (Å²) in [5.41, 5.74) is 3.89. The average molecular weight is 272 g/mol. The summed E-state index contributed by atoms with van der Waals surface area (Å²) in [7, 11) is 0. The molecule has 0 bridgehead atoms. The van der Waals surface area contributed by atoms with E-state index in [4.69, 9.17) is 5.26 Å². The second-order valence-electron chi connectivity index (χ2n) is 4.71. The van der Waals surface area contributed by atoms with Gasteiger partial charge < -0.3 is 5.32 Å². The zero-order chi connectivity index (χ0) is 14.7. The van der Waals surface area contributed by atoms with Crippen molar-refractivity contribution >= 4 is 17.7 Å². The molecule has 0 radical (unpaired) electrons. The van der Waals surface area contributed by atoms with Crippen LogP contribution in [0.2, 0.25) is 0 Å². The molecular formula is C18H12N2O. The number of rotatable bonds is 2. The van der Waals surface area contributed by atoms with Crippen molar-refractivity contribution in [3.8, 4) is 6.07 Å². The lowest BCUT2D eigenvalue weighted by molar-refractivity contribution is -0.115. The lowest BCUT2D eigenvalue weighted by Gasteiger charge is -2.01. The van der Waals surface area contributed by atoms with Gasteiger partial charge in [0.05, 0.1) is 11.6 Å². The molecule has 2 aromatic carbocycles. The van der Waals surface area contributed by atoms with Gasteiger partial charge in [-0.1, -0.05) is 42.5 Å². The maximum absolute atomic E-state index is 12.0. The molecule has 0 unspecified atom stereocenters. The van der Waals surface area contributed by atoms with Crippen LogP contribution in [0.25, 0.3) is 11.8 Å². The average Bonchev–Trinajstić information content (AvgIpc) is 2.90. The number of carbonyl (C=O) groups is 1. The van der Waals surface area contributed by atoms with Crippen molar-refractivity contribution in [1.82, 2.24) is 5.32 Å². The molecule has 3 nitrogen and oxygen atoms in total. The Labute approximate surface area is 122 Å². The van der Waals surface area contributed by atoms with Crippen LogP contribution in [0.3, 0.4) is 0 Å². The number of nitriles is 1. The van der Waals surface area contributed by atoms with E-state index < -0.39 is 0 Å². The standard InChI is InChI=1S/C18H12N2O/c19-12-14-8-6-13(7-9-14)10-16-11-17(20-18(16)21)15-4-2-1-3-5-15/h1-11H,(H,20,21)/b16-10-. The molecular weight excluding hydrogens is 260 g/mol. The molecule has 100 valence electrons. The van der Waals surface area contributed by atoms with Crippen LogP contribution in [-0.2, 0) is 4.79 Å². The summed E-state index contributed by atoms with van der Waals surface area (Å²) in [5, 5.41) is 11.6. The molecule has 0 fully saturated rings. The predicted molar refractivity (Wildman–Crippen MR) is 81.7 cm³/mol. The number of nitrogens with zero attached hydrogens (tertiary/aromatic N) is 1. The Balaban J connectivity index is 1.91. The lowest BCUT2D eigenvalue weighted by Crippen LogP contribution is -2.15. The first-order chi connectivity index (χ1) is 10.3. The van der Waals surface area contributed by atoms with E-state index in [0.717, 1.165) is 16.8 Å². The van der Waals surface area contributed by atoms with Crippen LogP contribution in [0.15, 0.2) is 66.2 Å². The van der Waals surface area contributed by atoms with Gasteiger partial charge in [-0.25, -0.2) is 0 Å². The Bertz CT molecular complexity index is 778. The predicted octanol–water partition coefficient (Wildman–Crippen LogP) is 3.11. The monoisotopic (exact) mass is 272 g/mol. The molecule has 1 aliphatic rings. The molecule has 0 saturated heterocycles. The Morgan fingerprint density at radius 3 is 2.38 bits per heavy atom. The smallest absolute Gasteiger partial charge is 0.255 e. The molecule has 21 heavy (non-hydrogen) atoms. The first kappa shape index (κ1) is 12.9. The number of amides is 1. The highest BCUT2D eigenvalue weighted by atomic mass is 16.1. The summed E-state index contributed by atoms with van der Waals surface area (Å²) in [4.78, 5) is 12.0. The van der Waals surface area contributed by atoms with Crippen LogP contribution in [-0.4, -0.2) is 5.91 Å². The molecule has 0 atom stereocenters. The fraction of sp³-hybridized carbons (Fsp3) is 0. The number of hydrogen-bond acceptors (Lipinski definition) is 2. The van der Waals surface area contributed by atoms with Gasteiger partial charge in [0.15, 0.2) is 0 Å². The van der Waals surface area contributed by atoms with Crippen molar-refractivity contribution in [1.29, 1.82) is 5.26 Å². The normalized spacial score (nSPS) is 15.5. The maximum Gasteiger partial charge on any atom is 0.255 e. The molecule has 0 aliphatic carbocycles. The first-order valence-corrected chi connectivity index (χ1v) is 6.56. The van der Waals surface area contributed by atoms with Crippen LogP contribution < -0.4 is 5.32 Å². The summed E-state index contributed by atoms with van der Waals surface area (Å²) in [6, 6.07) is 18.9. The minimum Gasteiger partial charge on any atom is -0.321 e. The highest BCUT2D eigenvalue weighted by molar-refractivity contribution is 6.10. The van der Waals surface area contributed by atoms with Gasteiger partial charge >= 0.3 is 0 Å². The Morgan fingerprint density at radius 2 is 1.71 bits per heavy atom. The van der Waals surface area contributed by atoms with Crippen molar-refractivity contribution in [3.05, 3.63) is 82.9 Å². The van der Waals surface area contributed by atoms with E-state index in [1.165, 1.54) is 0 Å². The first-order valence-electron chi connectivity index (χ1n) is 6.56. The summed E-state index contributed by atoms with van der Waals surface area (Å²) in [6.07, 6.45) is 3.66. The lowest BCUT2D eigenvalue weighted by atomic mass is 10.1. The van der Waals surface area contributed by atoms with Gasteiger partial charge in [-0.2, -0.15) is 5.26 Å². The molecule has 3 heteroatoms. The maximum atomic E-state index is 12.0. The van der Waals surface area contributed by atoms with Gasteiger partial charge in [0.2, 0.25) is 0 Å². The largest absolute Gasteiger partial charge is 0.321 e. The van der Waals surface area contributed by atoms with Crippen molar-refractivity contribution in [2.45, 2.75) is 0 Å². The SMILES string of the molecule is N#Cc1ccc(/C=C2/C=C(c3ccccc3)NC2=O)cc1. The zero-order valence-electron chi connectivity index (χ0n) is 11.2. The van der Waals surface area contributed by atoms with Gasteiger partial charge in [0, 0.05) is 11.3 Å². The molecule has 0 aromatic heterocycles. The quantitative estimate of drug-likeness (QED) is 0.854. The second-order valence-corrected chi connectivity index (χ2v) is 4.71. The van der Waals surface area contributed by atoms with E-state index in [1.807, 2.05) is 54.6 Å². The number of carbonyl (C=O) groups excluding carboxylic acids is 1. The fourth-order valence-corrected chi connectivity index (χ4v) is 2.17. The summed E-state index contributed by atoms with van der Waals surface area (Å²) < 4.78 is 0. The van der Waals surface area contributed by atoms with Gasteiger partial charge in [-0.3, -0.25) is 4.79 Å². The summed E-state index contributed by atoms with van der Waals surface area (Å²) >= 11 is 0. The van der Waals surface area contributed by atoms with E-state index in [0.29, 0.717) is 11.1 Å². The molecule has 2 aromatic rings. The van der Waals surface area contributed by atoms with E-state index in [1.54, 1.807) is 12.1 Å². The molecule has 1 aliphatic heterocycles. The highest BCUT2D eigenvalue weighted by Gasteiger charge is 2.18. The third-order valence-corrected chi connectivity index (χ3v) is 3.26. The van der Waals surface area contributed by atoms with E-state index in [9.17, 15) is 4.79 Å². The number of nitrogens with one attached hydrogen (secondary N) is 1. The Hall–Kier alpha value is -3.12. The minimum absolute atomic E-state index is 0.113. The molecule has 3 rings (SSSR count). The van der Waals surface area contributed by atoms with Crippen LogP contribution in [0.1, 0.15) is 16.7 Å². The van der Waals surface area contributed by atoms with E-state index in [-0.39, 0.29) is 5.91 Å². The zero-order valence-corrected chi connectivity index (χ0v) is 11.2. The van der Waals surface area contributed by atoms with Gasteiger partial charge in [0.25, 0.3) is 5.91 Å². The Morgan fingerprint density at radius 1 is 1.00 bits per heavy atom. The molecule has 1 heterocycles. The van der Waals surface area contributed by atoms with Crippen LogP contribution in [0.5, 0.6) is 0 Å².